The van der Waals surface area contributed by atoms with Crippen LogP contribution in [0.1, 0.15) is 17.8 Å². The van der Waals surface area contributed by atoms with E-state index in [0.29, 0.717) is 17.7 Å². The minimum absolute atomic E-state index is 0.319. The van der Waals surface area contributed by atoms with Crippen molar-refractivity contribution in [2.24, 2.45) is 5.92 Å². The summed E-state index contributed by atoms with van der Waals surface area (Å²) in [5.74, 6) is 0.487. The smallest absolute Gasteiger partial charge is 0.203 e. The van der Waals surface area contributed by atoms with Gasteiger partial charge in [0.05, 0.1) is 6.54 Å². The predicted octanol–water partition coefficient (Wildman–Crippen LogP) is 0.325. The van der Waals surface area contributed by atoms with Crippen LogP contribution >= 0.6 is 11.3 Å². The van der Waals surface area contributed by atoms with Crippen molar-refractivity contribution in [3.63, 3.8) is 0 Å². The zero-order chi connectivity index (χ0) is 10.7. The molecule has 2 heterocycles. The third-order valence-corrected chi connectivity index (χ3v) is 3.54. The maximum atomic E-state index is 9.02. The summed E-state index contributed by atoms with van der Waals surface area (Å²) in [6.07, 6.45) is 2.15. The highest BCUT2D eigenvalue weighted by Crippen LogP contribution is 2.20. The van der Waals surface area contributed by atoms with Gasteiger partial charge < -0.3 is 10.8 Å². The molecule has 1 aliphatic heterocycles. The van der Waals surface area contributed by atoms with Crippen LogP contribution in [0.5, 0.6) is 0 Å². The lowest BCUT2D eigenvalue weighted by Crippen LogP contribution is -2.34. The van der Waals surface area contributed by atoms with E-state index in [-0.39, 0.29) is 0 Å². The van der Waals surface area contributed by atoms with Crippen molar-refractivity contribution in [2.45, 2.75) is 19.4 Å². The number of piperidine rings is 1. The Morgan fingerprint density at radius 1 is 1.40 bits per heavy atom. The van der Waals surface area contributed by atoms with Crippen LogP contribution in [0.25, 0.3) is 0 Å². The summed E-state index contributed by atoms with van der Waals surface area (Å²) in [6, 6.07) is 0. The maximum absolute atomic E-state index is 9.02. The summed E-state index contributed by atoms with van der Waals surface area (Å²) in [7, 11) is 0. The molecule has 6 heteroatoms. The summed E-state index contributed by atoms with van der Waals surface area (Å²) < 4.78 is 0. The summed E-state index contributed by atoms with van der Waals surface area (Å²) in [4.78, 5) is 2.34. The van der Waals surface area contributed by atoms with E-state index in [2.05, 4.69) is 15.1 Å². The molecule has 1 aromatic rings. The quantitative estimate of drug-likeness (QED) is 0.779. The summed E-state index contributed by atoms with van der Waals surface area (Å²) in [5.41, 5.74) is 5.52. The molecule has 1 aromatic heterocycles. The highest BCUT2D eigenvalue weighted by atomic mass is 32.1. The third kappa shape index (κ3) is 2.87. The topological polar surface area (TPSA) is 75.3 Å². The Bertz CT molecular complexity index is 309. The molecule has 1 aliphatic rings. The monoisotopic (exact) mass is 228 g/mol. The van der Waals surface area contributed by atoms with Gasteiger partial charge in [0.2, 0.25) is 5.13 Å². The summed E-state index contributed by atoms with van der Waals surface area (Å²) in [5, 5.41) is 18.3. The Hall–Kier alpha value is -0.720. The zero-order valence-corrected chi connectivity index (χ0v) is 9.41. The van der Waals surface area contributed by atoms with Gasteiger partial charge in [0.15, 0.2) is 0 Å². The fourth-order valence-electron chi connectivity index (χ4n) is 1.85. The lowest BCUT2D eigenvalue weighted by molar-refractivity contribution is 0.127. The zero-order valence-electron chi connectivity index (χ0n) is 8.59. The van der Waals surface area contributed by atoms with Crippen molar-refractivity contribution in [3.05, 3.63) is 5.01 Å². The van der Waals surface area contributed by atoms with Crippen LogP contribution in [0, 0.1) is 5.92 Å². The SMILES string of the molecule is Nc1nnc(CN2CCC(CO)CC2)s1. The van der Waals surface area contributed by atoms with Crippen LogP contribution in [0.3, 0.4) is 0 Å². The van der Waals surface area contributed by atoms with E-state index < -0.39 is 0 Å². The van der Waals surface area contributed by atoms with Crippen molar-refractivity contribution in [3.8, 4) is 0 Å². The number of aliphatic hydroxyl groups is 1. The van der Waals surface area contributed by atoms with E-state index in [1.807, 2.05) is 0 Å². The van der Waals surface area contributed by atoms with E-state index in [1.165, 1.54) is 11.3 Å². The summed E-state index contributed by atoms with van der Waals surface area (Å²) in [6.45, 7) is 3.22. The molecule has 1 saturated heterocycles. The van der Waals surface area contributed by atoms with Gasteiger partial charge in [-0.3, -0.25) is 4.90 Å². The first kappa shape index (κ1) is 10.8. The van der Waals surface area contributed by atoms with Gasteiger partial charge in [-0.25, -0.2) is 0 Å². The molecule has 0 spiro atoms. The third-order valence-electron chi connectivity index (χ3n) is 2.81. The molecule has 5 nitrogen and oxygen atoms in total. The Labute approximate surface area is 92.9 Å². The molecule has 0 radical (unpaired) electrons. The van der Waals surface area contributed by atoms with Gasteiger partial charge in [0.25, 0.3) is 0 Å². The van der Waals surface area contributed by atoms with Crippen molar-refractivity contribution in [1.82, 2.24) is 15.1 Å². The number of rotatable bonds is 3. The van der Waals surface area contributed by atoms with Crippen LogP contribution in [0.15, 0.2) is 0 Å². The van der Waals surface area contributed by atoms with Crippen LogP contribution in [-0.2, 0) is 6.54 Å². The van der Waals surface area contributed by atoms with E-state index >= 15 is 0 Å². The van der Waals surface area contributed by atoms with Crippen molar-refractivity contribution < 1.29 is 5.11 Å². The second kappa shape index (κ2) is 4.87. The Morgan fingerprint density at radius 2 is 2.13 bits per heavy atom. The molecule has 1 fully saturated rings. The number of hydrogen-bond acceptors (Lipinski definition) is 6. The fraction of sp³-hybridized carbons (Fsp3) is 0.778. The Kier molecular flexibility index (Phi) is 3.50. The Balaban J connectivity index is 1.82. The van der Waals surface area contributed by atoms with Crippen LogP contribution in [-0.4, -0.2) is 39.9 Å². The van der Waals surface area contributed by atoms with Crippen molar-refractivity contribution in [2.75, 3.05) is 25.4 Å². The number of aliphatic hydroxyl groups excluding tert-OH is 1. The van der Waals surface area contributed by atoms with Crippen molar-refractivity contribution >= 4 is 16.5 Å². The van der Waals surface area contributed by atoms with Gasteiger partial charge >= 0.3 is 0 Å². The van der Waals surface area contributed by atoms with Crippen LogP contribution < -0.4 is 5.73 Å². The molecule has 0 unspecified atom stereocenters. The molecular formula is C9H16N4OS. The number of aromatic nitrogens is 2. The van der Waals surface area contributed by atoms with E-state index in [9.17, 15) is 0 Å². The standard InChI is InChI=1S/C9H16N4OS/c10-9-12-11-8(15-9)5-13-3-1-7(6-14)2-4-13/h7,14H,1-6H2,(H2,10,12). The maximum Gasteiger partial charge on any atom is 0.203 e. The molecule has 2 rings (SSSR count). The predicted molar refractivity (Wildman–Crippen MR) is 59.4 cm³/mol. The number of anilines is 1. The highest BCUT2D eigenvalue weighted by molar-refractivity contribution is 7.15. The van der Waals surface area contributed by atoms with Gasteiger partial charge in [-0.1, -0.05) is 11.3 Å². The first-order valence-electron chi connectivity index (χ1n) is 5.19. The second-order valence-corrected chi connectivity index (χ2v) is 5.03. The van der Waals surface area contributed by atoms with E-state index in [0.717, 1.165) is 37.5 Å². The first-order chi connectivity index (χ1) is 7.28. The number of nitrogen functional groups attached to an aromatic ring is 1. The van der Waals surface area contributed by atoms with E-state index in [1.54, 1.807) is 0 Å². The highest BCUT2D eigenvalue weighted by Gasteiger charge is 2.19. The molecule has 0 atom stereocenters. The lowest BCUT2D eigenvalue weighted by Gasteiger charge is -2.30. The average Bonchev–Trinajstić information content (AvgIpc) is 2.65. The molecule has 3 N–H and O–H groups in total. The molecule has 84 valence electrons. The van der Waals surface area contributed by atoms with Gasteiger partial charge in [-0.15, -0.1) is 10.2 Å². The first-order valence-corrected chi connectivity index (χ1v) is 6.00. The van der Waals surface area contributed by atoms with Gasteiger partial charge in [0.1, 0.15) is 5.01 Å². The molecular weight excluding hydrogens is 212 g/mol. The lowest BCUT2D eigenvalue weighted by atomic mass is 9.98. The second-order valence-electron chi connectivity index (χ2n) is 3.94. The van der Waals surface area contributed by atoms with Crippen molar-refractivity contribution in [1.29, 1.82) is 0 Å². The molecule has 0 aliphatic carbocycles. The van der Waals surface area contributed by atoms with E-state index in [4.69, 9.17) is 10.8 Å². The molecule has 0 aromatic carbocycles. The van der Waals surface area contributed by atoms with Gasteiger partial charge in [-0.05, 0) is 31.8 Å². The largest absolute Gasteiger partial charge is 0.396 e. The normalized spacial score (nSPS) is 19.5. The molecule has 15 heavy (non-hydrogen) atoms. The molecule has 0 amide bonds. The summed E-state index contributed by atoms with van der Waals surface area (Å²) >= 11 is 1.45. The fourth-order valence-corrected chi connectivity index (χ4v) is 2.50. The minimum Gasteiger partial charge on any atom is -0.396 e. The van der Waals surface area contributed by atoms with Crippen LogP contribution in [0.4, 0.5) is 5.13 Å². The minimum atomic E-state index is 0.319. The number of likely N-dealkylation sites (tertiary alicyclic amines) is 1. The number of nitrogens with two attached hydrogens (primary N) is 1. The molecule has 0 bridgehead atoms. The van der Waals surface area contributed by atoms with Gasteiger partial charge in [-0.2, -0.15) is 0 Å². The number of nitrogens with zero attached hydrogens (tertiary/aromatic N) is 3. The average molecular weight is 228 g/mol. The van der Waals surface area contributed by atoms with Gasteiger partial charge in [0, 0.05) is 6.61 Å². The molecule has 0 saturated carbocycles. The van der Waals surface area contributed by atoms with Crippen LogP contribution in [0.2, 0.25) is 0 Å². The number of hydrogen-bond donors (Lipinski definition) is 2. The Morgan fingerprint density at radius 3 is 2.67 bits per heavy atom.